The van der Waals surface area contributed by atoms with Gasteiger partial charge in [-0.2, -0.15) is 0 Å². The molecule has 3 amide bonds. The molecular formula is C17H18N3O2S. The number of amides is 3. The Labute approximate surface area is 138 Å². The van der Waals surface area contributed by atoms with Crippen molar-refractivity contribution in [2.24, 2.45) is 11.5 Å². The molecule has 1 heterocycles. The summed E-state index contributed by atoms with van der Waals surface area (Å²) in [6, 6.07) is 9.28. The summed E-state index contributed by atoms with van der Waals surface area (Å²) in [6.45, 7) is 0. The third-order valence-corrected chi connectivity index (χ3v) is 5.13. The van der Waals surface area contributed by atoms with E-state index in [4.69, 9.17) is 11.5 Å². The second-order valence-corrected chi connectivity index (χ2v) is 6.65. The molecule has 5 nitrogen and oxygen atoms in total. The van der Waals surface area contributed by atoms with Gasteiger partial charge in [0.15, 0.2) is 0 Å². The van der Waals surface area contributed by atoms with Crippen molar-refractivity contribution in [2.75, 3.05) is 5.32 Å². The lowest BCUT2D eigenvalue weighted by Crippen LogP contribution is -2.21. The number of rotatable bonds is 4. The average molecular weight is 328 g/mol. The largest absolute Gasteiger partial charge is 0.366 e. The van der Waals surface area contributed by atoms with Crippen molar-refractivity contribution in [3.63, 3.8) is 0 Å². The minimum Gasteiger partial charge on any atom is -0.366 e. The van der Waals surface area contributed by atoms with Crippen molar-refractivity contribution in [2.45, 2.75) is 25.2 Å². The zero-order valence-electron chi connectivity index (χ0n) is 12.5. The molecule has 5 N–H and O–H groups in total. The maximum absolute atomic E-state index is 11.5. The van der Waals surface area contributed by atoms with E-state index in [2.05, 4.69) is 23.9 Å². The Morgan fingerprint density at radius 1 is 1.17 bits per heavy atom. The highest BCUT2D eigenvalue weighted by Crippen LogP contribution is 2.37. The monoisotopic (exact) mass is 328 g/mol. The van der Waals surface area contributed by atoms with Gasteiger partial charge in [-0.25, -0.2) is 4.79 Å². The summed E-state index contributed by atoms with van der Waals surface area (Å²) in [5.41, 5.74) is 13.1. The van der Waals surface area contributed by atoms with Gasteiger partial charge >= 0.3 is 6.03 Å². The van der Waals surface area contributed by atoms with E-state index in [1.165, 1.54) is 36.2 Å². The molecule has 1 radical (unpaired) electrons. The third-order valence-electron chi connectivity index (χ3n) is 4.03. The zero-order chi connectivity index (χ0) is 16.4. The normalized spacial score (nSPS) is 14.8. The van der Waals surface area contributed by atoms with Crippen LogP contribution in [0.25, 0.3) is 10.4 Å². The van der Waals surface area contributed by atoms with Gasteiger partial charge in [-0.1, -0.05) is 30.7 Å². The minimum atomic E-state index is -0.715. The van der Waals surface area contributed by atoms with Crippen molar-refractivity contribution in [1.29, 1.82) is 0 Å². The smallest absolute Gasteiger partial charge is 0.317 e. The second kappa shape index (κ2) is 6.42. The summed E-state index contributed by atoms with van der Waals surface area (Å²) < 4.78 is 0. The number of nitrogens with two attached hydrogens (primary N) is 2. The highest BCUT2D eigenvalue weighted by atomic mass is 32.1. The van der Waals surface area contributed by atoms with Crippen LogP contribution in [0.3, 0.4) is 0 Å². The quantitative estimate of drug-likeness (QED) is 0.800. The summed E-state index contributed by atoms with van der Waals surface area (Å²) in [6.07, 6.45) is 6.00. The first-order valence-electron chi connectivity index (χ1n) is 7.48. The molecule has 1 aromatic heterocycles. The molecule has 119 valence electrons. The SMILES string of the molecule is NC(=O)Nc1sc(-c2ccc(C3[CH]CCC3)cc2)cc1C(N)=O. The lowest BCUT2D eigenvalue weighted by atomic mass is 9.96. The lowest BCUT2D eigenvalue weighted by Gasteiger charge is -2.09. The summed E-state index contributed by atoms with van der Waals surface area (Å²) in [5.74, 6) is -0.0471. The third kappa shape index (κ3) is 3.37. The lowest BCUT2D eigenvalue weighted by molar-refractivity contribution is 0.100. The number of carbonyl (C=O) groups excluding carboxylic acids is 2. The Kier molecular flexibility index (Phi) is 4.34. The summed E-state index contributed by atoms with van der Waals surface area (Å²) in [4.78, 5) is 23.4. The summed E-state index contributed by atoms with van der Waals surface area (Å²) in [5, 5.41) is 2.84. The summed E-state index contributed by atoms with van der Waals surface area (Å²) in [7, 11) is 0. The van der Waals surface area contributed by atoms with E-state index in [0.29, 0.717) is 10.9 Å². The number of anilines is 1. The van der Waals surface area contributed by atoms with Crippen LogP contribution < -0.4 is 16.8 Å². The Balaban J connectivity index is 1.88. The van der Waals surface area contributed by atoms with Gasteiger partial charge in [0.1, 0.15) is 5.00 Å². The van der Waals surface area contributed by atoms with Crippen LogP contribution in [0.4, 0.5) is 9.80 Å². The molecule has 1 aliphatic rings. The first-order valence-corrected chi connectivity index (χ1v) is 8.30. The molecule has 1 saturated carbocycles. The fraction of sp³-hybridized carbons (Fsp3) is 0.235. The Morgan fingerprint density at radius 3 is 2.48 bits per heavy atom. The first-order chi connectivity index (χ1) is 11.0. The van der Waals surface area contributed by atoms with Gasteiger partial charge in [-0.05, 0) is 42.4 Å². The minimum absolute atomic E-state index is 0.275. The maximum atomic E-state index is 11.5. The molecule has 1 unspecified atom stereocenters. The van der Waals surface area contributed by atoms with Crippen molar-refractivity contribution in [1.82, 2.24) is 0 Å². The van der Waals surface area contributed by atoms with Crippen molar-refractivity contribution < 1.29 is 9.59 Å². The second-order valence-electron chi connectivity index (χ2n) is 5.60. The number of primary amides is 2. The van der Waals surface area contributed by atoms with Crippen LogP contribution in [0.2, 0.25) is 0 Å². The number of hydrogen-bond donors (Lipinski definition) is 3. The molecule has 1 aromatic carbocycles. The molecule has 3 rings (SSSR count). The van der Waals surface area contributed by atoms with Crippen LogP contribution >= 0.6 is 11.3 Å². The number of carbonyl (C=O) groups is 2. The van der Waals surface area contributed by atoms with Gasteiger partial charge in [0, 0.05) is 4.88 Å². The van der Waals surface area contributed by atoms with E-state index in [-0.39, 0.29) is 5.56 Å². The number of thiophene rings is 1. The van der Waals surface area contributed by atoms with E-state index < -0.39 is 11.9 Å². The van der Waals surface area contributed by atoms with Gasteiger partial charge < -0.3 is 11.5 Å². The standard InChI is InChI=1S/C17H18N3O2S/c18-15(21)13-9-14(23-16(13)20-17(19)22)12-7-5-11(6-8-12)10-3-1-2-4-10/h3,5-10H,1-2,4H2,(H2,18,21)(H3,19,20,22). The van der Waals surface area contributed by atoms with E-state index >= 15 is 0 Å². The van der Waals surface area contributed by atoms with Crippen LogP contribution in [0.15, 0.2) is 30.3 Å². The molecule has 23 heavy (non-hydrogen) atoms. The van der Waals surface area contributed by atoms with Crippen LogP contribution in [0.1, 0.15) is 41.1 Å². The number of urea groups is 1. The maximum Gasteiger partial charge on any atom is 0.317 e. The van der Waals surface area contributed by atoms with Crippen LogP contribution in [-0.4, -0.2) is 11.9 Å². The van der Waals surface area contributed by atoms with E-state index in [1.807, 2.05) is 12.1 Å². The zero-order valence-corrected chi connectivity index (χ0v) is 13.4. The molecule has 1 aliphatic carbocycles. The Hall–Kier alpha value is -2.34. The van der Waals surface area contributed by atoms with Gasteiger partial charge in [0.2, 0.25) is 0 Å². The van der Waals surface area contributed by atoms with E-state index in [9.17, 15) is 9.59 Å². The molecule has 0 saturated heterocycles. The number of nitrogens with one attached hydrogen (secondary N) is 1. The van der Waals surface area contributed by atoms with Gasteiger partial charge in [-0.15, -0.1) is 11.3 Å². The highest BCUT2D eigenvalue weighted by Gasteiger charge is 2.18. The molecule has 0 aliphatic heterocycles. The van der Waals surface area contributed by atoms with Gasteiger partial charge in [-0.3, -0.25) is 10.1 Å². The van der Waals surface area contributed by atoms with Crippen LogP contribution in [0.5, 0.6) is 0 Å². The van der Waals surface area contributed by atoms with Crippen molar-refractivity contribution >= 4 is 28.3 Å². The Bertz CT molecular complexity index is 731. The molecule has 6 heteroatoms. The predicted octanol–water partition coefficient (Wildman–Crippen LogP) is 3.48. The van der Waals surface area contributed by atoms with Crippen LogP contribution in [-0.2, 0) is 0 Å². The van der Waals surface area contributed by atoms with Gasteiger partial charge in [0.05, 0.1) is 5.56 Å². The molecular weight excluding hydrogens is 310 g/mol. The van der Waals surface area contributed by atoms with E-state index in [1.54, 1.807) is 6.07 Å². The number of benzene rings is 1. The molecule has 0 bridgehead atoms. The molecule has 2 aromatic rings. The first kappa shape index (κ1) is 15.6. The predicted molar refractivity (Wildman–Crippen MR) is 92.4 cm³/mol. The topological polar surface area (TPSA) is 98.2 Å². The fourth-order valence-electron chi connectivity index (χ4n) is 2.89. The van der Waals surface area contributed by atoms with Crippen LogP contribution in [0, 0.1) is 6.42 Å². The fourth-order valence-corrected chi connectivity index (χ4v) is 3.96. The average Bonchev–Trinajstić information content (AvgIpc) is 3.16. The Morgan fingerprint density at radius 2 is 1.91 bits per heavy atom. The van der Waals surface area contributed by atoms with E-state index in [0.717, 1.165) is 10.4 Å². The molecule has 0 spiro atoms. The summed E-state index contributed by atoms with van der Waals surface area (Å²) >= 11 is 1.29. The molecule has 1 atom stereocenters. The van der Waals surface area contributed by atoms with Gasteiger partial charge in [0.25, 0.3) is 5.91 Å². The van der Waals surface area contributed by atoms with Crippen molar-refractivity contribution in [3.05, 3.63) is 47.9 Å². The van der Waals surface area contributed by atoms with Crippen molar-refractivity contribution in [3.8, 4) is 10.4 Å². The molecule has 1 fully saturated rings. The highest BCUT2D eigenvalue weighted by molar-refractivity contribution is 7.20. The number of hydrogen-bond acceptors (Lipinski definition) is 3.